The van der Waals surface area contributed by atoms with Crippen LogP contribution in [0.1, 0.15) is 51.9 Å². The Kier molecular flexibility index (Phi) is 29.2. The maximum Gasteiger partial charge on any atom is 0.218 e. The van der Waals surface area contributed by atoms with Crippen LogP contribution in [-0.2, 0) is 37.9 Å². The lowest BCUT2D eigenvalue weighted by Crippen LogP contribution is -2.61. The molecule has 0 aromatic carbocycles. The van der Waals surface area contributed by atoms with E-state index in [1.165, 1.54) is 6.92 Å². The summed E-state index contributed by atoms with van der Waals surface area (Å²) in [6, 6.07) is 0. The molecule has 17 atom stereocenters. The van der Waals surface area contributed by atoms with Gasteiger partial charge in [0.15, 0.2) is 75.4 Å². The van der Waals surface area contributed by atoms with Gasteiger partial charge in [-0.25, -0.2) is 0 Å². The monoisotopic (exact) mass is 1130 g/mol. The summed E-state index contributed by atoms with van der Waals surface area (Å²) >= 11 is 0. The van der Waals surface area contributed by atoms with Crippen molar-refractivity contribution in [3.8, 4) is 0 Å². The first-order valence-electron chi connectivity index (χ1n) is 23.3. The second-order valence-corrected chi connectivity index (χ2v) is 16.6. The minimum Gasteiger partial charge on any atom is -0.506 e. The first kappa shape index (κ1) is 68.3. The topological polar surface area (TPSA) is 600 Å². The average Bonchev–Trinajstić information content (AvgIpc) is 3.40. The van der Waals surface area contributed by atoms with Gasteiger partial charge in [-0.3, -0.25) is 0 Å². The summed E-state index contributed by atoms with van der Waals surface area (Å²) in [5, 5.41) is 275. The molecule has 1 fully saturated rings. The molecule has 3 heterocycles. The quantitative estimate of drug-likeness (QED) is 0.0830. The maximum absolute atomic E-state index is 11.0. The second-order valence-electron chi connectivity index (χ2n) is 16.6. The molecule has 448 valence electrons. The molecule has 3 rings (SSSR count). The van der Waals surface area contributed by atoms with Crippen molar-refractivity contribution < 1.29 is 171 Å². The Hall–Kier alpha value is -4.84. The number of rotatable bonds is 13. The zero-order valence-electron chi connectivity index (χ0n) is 40.9. The Labute approximate surface area is 435 Å². The van der Waals surface area contributed by atoms with Crippen LogP contribution in [0.25, 0.3) is 0 Å². The molecule has 34 nitrogen and oxygen atoms in total. The summed E-state index contributed by atoms with van der Waals surface area (Å²) in [5.41, 5.74) is 0. The summed E-state index contributed by atoms with van der Waals surface area (Å²) in [5.74, 6) is -18.5. The van der Waals surface area contributed by atoms with Gasteiger partial charge in [0.1, 0.15) is 61.0 Å². The van der Waals surface area contributed by atoms with E-state index in [1.807, 2.05) is 0 Å². The molecule has 0 aromatic rings. The average molecular weight is 1130 g/mol. The Morgan fingerprint density at radius 2 is 0.519 bits per heavy atom. The minimum atomic E-state index is -2.84. The minimum absolute atomic E-state index is 0.0120. The third-order valence-electron chi connectivity index (χ3n) is 11.2. The molecule has 0 aromatic heterocycles. The fraction of sp³-hybridized carbons (Fsp3) is 0.721. The van der Waals surface area contributed by atoms with Crippen molar-refractivity contribution >= 4 is 0 Å². The summed E-state index contributed by atoms with van der Waals surface area (Å²) in [4.78, 5) is 0. The smallest absolute Gasteiger partial charge is 0.218 e. The van der Waals surface area contributed by atoms with Crippen molar-refractivity contribution in [1.29, 1.82) is 0 Å². The van der Waals surface area contributed by atoms with Crippen molar-refractivity contribution in [3.63, 3.8) is 0 Å². The fourth-order valence-corrected chi connectivity index (χ4v) is 7.02. The van der Waals surface area contributed by atoms with Crippen LogP contribution >= 0.6 is 0 Å². The van der Waals surface area contributed by atoms with E-state index in [-0.39, 0.29) is 6.42 Å². The van der Waals surface area contributed by atoms with Crippen LogP contribution in [0, 0.1) is 0 Å². The van der Waals surface area contributed by atoms with E-state index in [0.29, 0.717) is 0 Å². The standard InChI is InChI=1S/C43H72O34/c1-2-3-15-22(50)29(57)38(65)71-17(5-10-45)24(52)31(59)39(66)72-18(6-11-46)25(53)32(60)40(67)74-19(7-12-47)26(54)34(62)42(69)77-36-21(14-49)76-43(35(63)28(36)56)75-20(8-13-48)27(55)33(61)41(68)73-16(4-9-44)23(51)30(58)37(64)70-15/h15-21,28,35-69H,2-14H2,1H3/b29-22+,30-23+,31-24-,32-25+,33-27+,34-26+. The molecule has 2 bridgehead atoms. The highest BCUT2D eigenvalue weighted by molar-refractivity contribution is 5.15. The van der Waals surface area contributed by atoms with Crippen LogP contribution in [0.2, 0.25) is 0 Å². The van der Waals surface area contributed by atoms with Gasteiger partial charge in [-0.15, -0.1) is 0 Å². The second kappa shape index (κ2) is 32.9. The summed E-state index contributed by atoms with van der Waals surface area (Å²) in [6.45, 7) is -4.49. The molecule has 3 aliphatic rings. The van der Waals surface area contributed by atoms with Crippen LogP contribution in [0.15, 0.2) is 69.1 Å². The molecule has 26 N–H and O–H groups in total. The van der Waals surface area contributed by atoms with Crippen molar-refractivity contribution in [2.24, 2.45) is 0 Å². The van der Waals surface area contributed by atoms with E-state index in [0.717, 1.165) is 0 Å². The van der Waals surface area contributed by atoms with Gasteiger partial charge in [0.05, 0.1) is 6.61 Å². The van der Waals surface area contributed by atoms with Gasteiger partial charge < -0.3 is 171 Å². The largest absolute Gasteiger partial charge is 0.506 e. The highest BCUT2D eigenvalue weighted by atomic mass is 16.7. The molecular weight excluding hydrogens is 1060 g/mol. The van der Waals surface area contributed by atoms with Crippen molar-refractivity contribution in [3.05, 3.63) is 69.1 Å². The lowest BCUT2D eigenvalue weighted by molar-refractivity contribution is -0.329. The molecule has 1 saturated heterocycles. The Morgan fingerprint density at radius 1 is 0.286 bits per heavy atom. The van der Waals surface area contributed by atoms with Crippen LogP contribution < -0.4 is 0 Å². The lowest BCUT2D eigenvalue weighted by atomic mass is 9.98. The predicted molar refractivity (Wildman–Crippen MR) is 245 cm³/mol. The molecular formula is C43H72O34. The third-order valence-corrected chi connectivity index (χ3v) is 11.2. The Bertz CT molecular complexity index is 1990. The van der Waals surface area contributed by atoms with Gasteiger partial charge in [0, 0.05) is 65.1 Å². The SMILES string of the molecule is CCCC1OC(O)/C(O)=C(\O)C(CCO)OC(O)/C(O)=C(\O)C(CCO)OC2OC(CO)C(OC(O)/C(O)=C(\O)C(CCO)OC(O)/C(O)=C(\O)C(CCO)OC(O)/C(O)=C(/O)C(CCO)OC(O)/C(O)=C/1O)C(O)C2O. The number of aliphatic hydroxyl groups is 26. The van der Waals surface area contributed by atoms with Gasteiger partial charge in [-0.05, 0) is 6.42 Å². The summed E-state index contributed by atoms with van der Waals surface area (Å²) < 4.78 is 41.4. The van der Waals surface area contributed by atoms with E-state index in [4.69, 9.17) is 37.9 Å². The Morgan fingerprint density at radius 3 is 0.753 bits per heavy atom. The van der Waals surface area contributed by atoms with E-state index in [9.17, 15) is 133 Å². The zero-order valence-corrected chi connectivity index (χ0v) is 40.9. The van der Waals surface area contributed by atoms with Crippen molar-refractivity contribution in [1.82, 2.24) is 0 Å². The number of fused-ring (bicyclic) bond motifs is 26. The van der Waals surface area contributed by atoms with Crippen molar-refractivity contribution in [2.45, 2.75) is 157 Å². The number of aliphatic hydroxyl groups excluding tert-OH is 26. The van der Waals surface area contributed by atoms with E-state index in [1.54, 1.807) is 0 Å². The zero-order chi connectivity index (χ0) is 58.6. The van der Waals surface area contributed by atoms with Gasteiger partial charge >= 0.3 is 0 Å². The fourth-order valence-electron chi connectivity index (χ4n) is 7.02. The number of ether oxygens (including phenoxy) is 8. The van der Waals surface area contributed by atoms with Gasteiger partial charge in [-0.1, -0.05) is 13.3 Å². The Balaban J connectivity index is 2.87. The number of hydrogen-bond acceptors (Lipinski definition) is 34. The van der Waals surface area contributed by atoms with Crippen LogP contribution in [0.3, 0.4) is 0 Å². The summed E-state index contributed by atoms with van der Waals surface area (Å²) in [6.07, 6.45) is -44.9. The molecule has 34 heteroatoms. The van der Waals surface area contributed by atoms with E-state index < -0.39 is 252 Å². The predicted octanol–water partition coefficient (Wildman–Crippen LogP) is -4.28. The lowest BCUT2D eigenvalue weighted by Gasteiger charge is -2.43. The van der Waals surface area contributed by atoms with Gasteiger partial charge in [-0.2, -0.15) is 0 Å². The highest BCUT2D eigenvalue weighted by Gasteiger charge is 2.48. The normalized spacial score (nSPS) is 40.5. The molecule has 77 heavy (non-hydrogen) atoms. The van der Waals surface area contributed by atoms with Crippen LogP contribution in [0.5, 0.6) is 0 Å². The van der Waals surface area contributed by atoms with E-state index in [2.05, 4.69) is 0 Å². The first-order chi connectivity index (χ1) is 36.2. The van der Waals surface area contributed by atoms with Crippen LogP contribution in [0.4, 0.5) is 0 Å². The van der Waals surface area contributed by atoms with Gasteiger partial charge in [0.2, 0.25) is 37.7 Å². The molecule has 0 aliphatic carbocycles. The summed E-state index contributed by atoms with van der Waals surface area (Å²) in [7, 11) is 0. The number of hydrogen-bond donors (Lipinski definition) is 26. The molecule has 0 radical (unpaired) electrons. The molecule has 0 amide bonds. The van der Waals surface area contributed by atoms with Crippen molar-refractivity contribution in [2.75, 3.05) is 39.6 Å². The molecule has 17 unspecified atom stereocenters. The van der Waals surface area contributed by atoms with E-state index >= 15 is 0 Å². The maximum atomic E-state index is 11.0. The first-order valence-corrected chi connectivity index (χ1v) is 23.3. The molecule has 0 saturated carbocycles. The van der Waals surface area contributed by atoms with Crippen LogP contribution in [-0.4, -0.2) is 277 Å². The molecule has 0 spiro atoms. The van der Waals surface area contributed by atoms with Gasteiger partial charge in [0.25, 0.3) is 0 Å². The third kappa shape index (κ3) is 18.6. The molecule has 3 aliphatic heterocycles. The highest BCUT2D eigenvalue weighted by Crippen LogP contribution is 2.31.